The van der Waals surface area contributed by atoms with E-state index in [4.69, 9.17) is 0 Å². The zero-order valence-corrected chi connectivity index (χ0v) is 13.3. The Hall–Kier alpha value is -1.95. The van der Waals surface area contributed by atoms with Crippen molar-refractivity contribution in [2.45, 2.75) is 19.8 Å². The molecule has 1 aromatic heterocycles. The number of nitrogens with zero attached hydrogens (tertiary/aromatic N) is 3. The van der Waals surface area contributed by atoms with E-state index in [1.807, 2.05) is 35.2 Å². The molecule has 0 unspecified atom stereocenters. The highest BCUT2D eigenvalue weighted by atomic mass is 79.9. The summed E-state index contributed by atoms with van der Waals surface area (Å²) < 4.78 is 0.599. The third-order valence-corrected chi connectivity index (χ3v) is 3.50. The van der Waals surface area contributed by atoms with Gasteiger partial charge in [0.1, 0.15) is 0 Å². The van der Waals surface area contributed by atoms with Gasteiger partial charge in [-0.15, -0.1) is 0 Å². The molecular weight excluding hydrogens is 334 g/mol. The first kappa shape index (κ1) is 15.4. The predicted molar refractivity (Wildman–Crippen MR) is 86.9 cm³/mol. The number of hydrogen-bond donors (Lipinski definition) is 0. The van der Waals surface area contributed by atoms with Gasteiger partial charge in [0.15, 0.2) is 0 Å². The quantitative estimate of drug-likeness (QED) is 0.560. The molecule has 0 saturated heterocycles. The average Bonchev–Trinajstić information content (AvgIpc) is 2.49. The Kier molecular flexibility index (Phi) is 5.27. The smallest absolute Gasteiger partial charge is 0.313 e. The molecule has 0 amide bonds. The third kappa shape index (κ3) is 3.78. The van der Waals surface area contributed by atoms with Gasteiger partial charge in [0.2, 0.25) is 5.82 Å². The van der Waals surface area contributed by atoms with Crippen LogP contribution >= 0.6 is 15.9 Å². The number of rotatable bonds is 6. The second-order valence-corrected chi connectivity index (χ2v) is 5.51. The molecule has 0 saturated carbocycles. The monoisotopic (exact) mass is 349 g/mol. The molecule has 2 rings (SSSR count). The maximum atomic E-state index is 11.3. The number of hydrogen-bond acceptors (Lipinski definition) is 4. The molecule has 0 aliphatic heterocycles. The number of unbranched alkanes of at least 4 members (excludes halogenated alkanes) is 1. The van der Waals surface area contributed by atoms with Gasteiger partial charge in [-0.2, -0.15) is 0 Å². The Bertz CT molecular complexity index is 620. The lowest BCUT2D eigenvalue weighted by Gasteiger charge is -2.23. The number of aromatic nitrogens is 1. The van der Waals surface area contributed by atoms with Crippen molar-refractivity contribution in [3.8, 4) is 0 Å². The number of benzene rings is 1. The fraction of sp³-hybridized carbons (Fsp3) is 0.267. The first-order valence-electron chi connectivity index (χ1n) is 6.76. The topological polar surface area (TPSA) is 59.3 Å². The summed E-state index contributed by atoms with van der Waals surface area (Å²) in [4.78, 5) is 17.1. The summed E-state index contributed by atoms with van der Waals surface area (Å²) in [5.41, 5.74) is 0.910. The molecular formula is C15H16BrN3O2. The van der Waals surface area contributed by atoms with E-state index in [0.29, 0.717) is 16.8 Å². The van der Waals surface area contributed by atoms with Crippen LogP contribution in [0.1, 0.15) is 19.8 Å². The van der Waals surface area contributed by atoms with Crippen LogP contribution in [0.2, 0.25) is 0 Å². The lowest BCUT2D eigenvalue weighted by molar-refractivity contribution is -0.384. The number of nitro groups is 1. The standard InChI is InChI=1S/C15H16BrN3O2/c1-2-3-9-18(13-7-5-4-6-8-13)15-14(19(20)21)10-12(16)11-17-15/h4-8,10-11H,2-3,9H2,1H3. The van der Waals surface area contributed by atoms with Gasteiger partial charge >= 0.3 is 5.69 Å². The first-order chi connectivity index (χ1) is 10.1. The van der Waals surface area contributed by atoms with E-state index >= 15 is 0 Å². The highest BCUT2D eigenvalue weighted by molar-refractivity contribution is 9.10. The molecule has 1 heterocycles. The summed E-state index contributed by atoms with van der Waals surface area (Å²) in [7, 11) is 0. The molecule has 0 spiro atoms. The Morgan fingerprint density at radius 3 is 2.67 bits per heavy atom. The minimum atomic E-state index is -0.394. The van der Waals surface area contributed by atoms with E-state index in [2.05, 4.69) is 27.8 Å². The predicted octanol–water partition coefficient (Wildman–Crippen LogP) is 4.69. The van der Waals surface area contributed by atoms with E-state index in [-0.39, 0.29) is 5.69 Å². The molecule has 0 fully saturated rings. The van der Waals surface area contributed by atoms with Crippen LogP contribution in [-0.4, -0.2) is 16.5 Å². The van der Waals surface area contributed by atoms with E-state index in [0.717, 1.165) is 18.5 Å². The second kappa shape index (κ2) is 7.17. The molecule has 0 radical (unpaired) electrons. The number of pyridine rings is 1. The Morgan fingerprint density at radius 1 is 1.33 bits per heavy atom. The van der Waals surface area contributed by atoms with Gasteiger partial charge in [-0.1, -0.05) is 31.5 Å². The fourth-order valence-electron chi connectivity index (χ4n) is 2.05. The Labute approximate surface area is 131 Å². The molecule has 1 aromatic carbocycles. The van der Waals surface area contributed by atoms with Crippen molar-refractivity contribution in [1.82, 2.24) is 4.98 Å². The summed E-state index contributed by atoms with van der Waals surface area (Å²) in [5, 5.41) is 11.3. The summed E-state index contributed by atoms with van der Waals surface area (Å²) in [6.45, 7) is 2.78. The van der Waals surface area contributed by atoms with Gasteiger partial charge in [0, 0.05) is 29.0 Å². The highest BCUT2D eigenvalue weighted by Gasteiger charge is 2.22. The molecule has 0 atom stereocenters. The number of para-hydroxylation sites is 1. The van der Waals surface area contributed by atoms with Crippen LogP contribution in [0.5, 0.6) is 0 Å². The van der Waals surface area contributed by atoms with Gasteiger partial charge in [-0.3, -0.25) is 10.1 Å². The molecule has 0 bridgehead atoms. The van der Waals surface area contributed by atoms with Crippen LogP contribution in [0.25, 0.3) is 0 Å². The zero-order chi connectivity index (χ0) is 15.2. The van der Waals surface area contributed by atoms with Gasteiger partial charge in [0.05, 0.1) is 4.92 Å². The van der Waals surface area contributed by atoms with Gasteiger partial charge < -0.3 is 4.90 Å². The average molecular weight is 350 g/mol. The van der Waals surface area contributed by atoms with Crippen molar-refractivity contribution in [3.63, 3.8) is 0 Å². The SMILES string of the molecule is CCCCN(c1ccccc1)c1ncc(Br)cc1[N+](=O)[O-]. The van der Waals surface area contributed by atoms with Gasteiger partial charge in [0.25, 0.3) is 0 Å². The van der Waals surface area contributed by atoms with Crippen LogP contribution < -0.4 is 4.90 Å². The third-order valence-electron chi connectivity index (χ3n) is 3.07. The fourth-order valence-corrected chi connectivity index (χ4v) is 2.36. The number of halogens is 1. The van der Waals surface area contributed by atoms with E-state index in [1.165, 1.54) is 6.07 Å². The first-order valence-corrected chi connectivity index (χ1v) is 7.55. The molecule has 21 heavy (non-hydrogen) atoms. The summed E-state index contributed by atoms with van der Waals surface area (Å²) in [6.07, 6.45) is 3.53. The van der Waals surface area contributed by atoms with Crippen molar-refractivity contribution in [2.75, 3.05) is 11.4 Å². The Morgan fingerprint density at radius 2 is 2.05 bits per heavy atom. The van der Waals surface area contributed by atoms with Crippen molar-refractivity contribution in [2.24, 2.45) is 0 Å². The summed E-state index contributed by atoms with van der Waals surface area (Å²) in [6, 6.07) is 11.1. The minimum absolute atomic E-state index is 0.00401. The van der Waals surface area contributed by atoms with Crippen molar-refractivity contribution < 1.29 is 4.92 Å². The van der Waals surface area contributed by atoms with Gasteiger partial charge in [-0.05, 0) is 34.5 Å². The van der Waals surface area contributed by atoms with E-state index < -0.39 is 4.92 Å². The minimum Gasteiger partial charge on any atom is -0.321 e. The Balaban J connectivity index is 2.48. The number of anilines is 2. The van der Waals surface area contributed by atoms with Crippen LogP contribution in [0, 0.1) is 10.1 Å². The van der Waals surface area contributed by atoms with E-state index in [1.54, 1.807) is 6.20 Å². The van der Waals surface area contributed by atoms with Crippen LogP contribution in [-0.2, 0) is 0 Å². The summed E-state index contributed by atoms with van der Waals surface area (Å²) in [5.74, 6) is 0.378. The molecule has 110 valence electrons. The maximum absolute atomic E-state index is 11.3. The van der Waals surface area contributed by atoms with Crippen LogP contribution in [0.4, 0.5) is 17.2 Å². The molecule has 2 aromatic rings. The van der Waals surface area contributed by atoms with Crippen molar-refractivity contribution in [1.29, 1.82) is 0 Å². The molecule has 0 aliphatic rings. The van der Waals surface area contributed by atoms with Crippen molar-refractivity contribution >= 4 is 33.1 Å². The zero-order valence-electron chi connectivity index (χ0n) is 11.7. The molecule has 0 N–H and O–H groups in total. The molecule has 5 nitrogen and oxygen atoms in total. The maximum Gasteiger partial charge on any atom is 0.313 e. The van der Waals surface area contributed by atoms with Crippen LogP contribution in [0.3, 0.4) is 0 Å². The van der Waals surface area contributed by atoms with Crippen molar-refractivity contribution in [3.05, 3.63) is 57.2 Å². The highest BCUT2D eigenvalue weighted by Crippen LogP contribution is 2.33. The summed E-state index contributed by atoms with van der Waals surface area (Å²) >= 11 is 3.24. The van der Waals surface area contributed by atoms with Crippen LogP contribution in [0.15, 0.2) is 47.1 Å². The second-order valence-electron chi connectivity index (χ2n) is 4.59. The van der Waals surface area contributed by atoms with Gasteiger partial charge in [-0.25, -0.2) is 4.98 Å². The lowest BCUT2D eigenvalue weighted by atomic mass is 10.2. The normalized spacial score (nSPS) is 10.4. The lowest BCUT2D eigenvalue weighted by Crippen LogP contribution is -2.20. The molecule has 0 aliphatic carbocycles. The van der Waals surface area contributed by atoms with E-state index in [9.17, 15) is 10.1 Å². The largest absolute Gasteiger partial charge is 0.321 e. The molecule has 6 heteroatoms.